The van der Waals surface area contributed by atoms with Crippen molar-refractivity contribution >= 4 is 29.3 Å². The van der Waals surface area contributed by atoms with E-state index in [1.54, 1.807) is 19.5 Å². The van der Waals surface area contributed by atoms with E-state index < -0.39 is 12.0 Å². The zero-order chi connectivity index (χ0) is 30.4. The van der Waals surface area contributed by atoms with Gasteiger partial charge in [0.15, 0.2) is 0 Å². The van der Waals surface area contributed by atoms with Crippen molar-refractivity contribution in [2.24, 2.45) is 0 Å². The number of hydrogen-bond donors (Lipinski definition) is 3. The molecule has 1 aromatic carbocycles. The van der Waals surface area contributed by atoms with Crippen LogP contribution in [0.3, 0.4) is 0 Å². The van der Waals surface area contributed by atoms with Crippen molar-refractivity contribution in [3.63, 3.8) is 0 Å². The molecule has 10 nitrogen and oxygen atoms in total. The van der Waals surface area contributed by atoms with Crippen molar-refractivity contribution in [3.8, 4) is 28.0 Å². The number of aliphatic carboxylic acids is 1. The molecule has 0 bridgehead atoms. The molecular weight excluding hydrogens is 552 g/mol. The van der Waals surface area contributed by atoms with Crippen molar-refractivity contribution in [1.82, 2.24) is 19.3 Å². The number of carboxylic acids is 1. The Morgan fingerprint density at radius 2 is 1.86 bits per heavy atom. The van der Waals surface area contributed by atoms with Crippen LogP contribution < -0.4 is 20.5 Å². The van der Waals surface area contributed by atoms with Gasteiger partial charge in [0, 0.05) is 53.5 Å². The third kappa shape index (κ3) is 6.46. The number of pyridine rings is 1. The first-order valence-electron chi connectivity index (χ1n) is 14.1. The number of anilines is 2. The molecule has 3 aromatic heterocycles. The molecule has 0 amide bonds. The third-order valence-corrected chi connectivity index (χ3v) is 8.11. The van der Waals surface area contributed by atoms with Gasteiger partial charge in [-0.3, -0.25) is 4.79 Å². The van der Waals surface area contributed by atoms with Crippen molar-refractivity contribution in [2.75, 3.05) is 30.4 Å². The highest BCUT2D eigenvalue weighted by atomic mass is 32.1. The summed E-state index contributed by atoms with van der Waals surface area (Å²) in [6, 6.07) is 6.38. The first kappa shape index (κ1) is 30.7. The van der Waals surface area contributed by atoms with Gasteiger partial charge in [0.05, 0.1) is 18.4 Å². The van der Waals surface area contributed by atoms with E-state index in [1.807, 2.05) is 56.9 Å². The van der Waals surface area contributed by atoms with E-state index >= 15 is 0 Å². The number of aryl methyl sites for hydroxylation is 3. The summed E-state index contributed by atoms with van der Waals surface area (Å²) >= 11 is 1.39. The van der Waals surface area contributed by atoms with E-state index in [9.17, 15) is 14.7 Å². The minimum atomic E-state index is -1.00. The molecule has 222 valence electrons. The van der Waals surface area contributed by atoms with Crippen molar-refractivity contribution in [2.45, 2.75) is 59.9 Å². The zero-order valence-corrected chi connectivity index (χ0v) is 25.8. The standard InChI is InChI=1S/C31H38N6O4S/c1-7-10-22-16-32-29(38)26(27(22)41-6)21-13-11-20(12-14-21)15-24(30(39)40)34-28-23(25-18(4)36-42-19(25)5)17-33-31(35-28)37(8-2)9-3/h11-14,16-17,24H,7-10,15H2,1-6H3,(H,32,38)(H,39,40)(H,33,34,35)/t24-/m0/s1. The SMILES string of the molecule is CCCc1c[nH]c(=O)c(-c2ccc(C[C@H](Nc3nc(N(CC)CC)ncc3-c3c(C)nsc3C)C(=O)O)cc2)c1OC. The largest absolute Gasteiger partial charge is 0.496 e. The van der Waals surface area contributed by atoms with E-state index in [1.165, 1.54) is 11.5 Å². The molecule has 0 saturated carbocycles. The third-order valence-electron chi connectivity index (χ3n) is 7.26. The lowest BCUT2D eigenvalue weighted by Crippen LogP contribution is -2.33. The van der Waals surface area contributed by atoms with Gasteiger partial charge in [0.2, 0.25) is 5.95 Å². The number of ether oxygens (including phenoxy) is 1. The number of aromatic nitrogens is 4. The van der Waals surface area contributed by atoms with Crippen LogP contribution >= 0.6 is 11.5 Å². The average molecular weight is 591 g/mol. The van der Waals surface area contributed by atoms with Crippen LogP contribution in [-0.4, -0.2) is 56.6 Å². The van der Waals surface area contributed by atoms with Crippen LogP contribution in [0.1, 0.15) is 48.9 Å². The second-order valence-corrected chi connectivity index (χ2v) is 11.0. The topological polar surface area (TPSA) is 133 Å². The predicted octanol–water partition coefficient (Wildman–Crippen LogP) is 5.49. The molecule has 0 spiro atoms. The smallest absolute Gasteiger partial charge is 0.326 e. The Hall–Kier alpha value is -4.25. The van der Waals surface area contributed by atoms with Crippen LogP contribution in [0.25, 0.3) is 22.3 Å². The molecule has 4 aromatic rings. The molecule has 4 rings (SSSR count). The molecular formula is C31H38N6O4S. The number of benzene rings is 1. The number of H-pyrrole nitrogens is 1. The highest BCUT2D eigenvalue weighted by molar-refractivity contribution is 7.06. The minimum absolute atomic E-state index is 0.197. The molecule has 0 saturated heterocycles. The monoisotopic (exact) mass is 590 g/mol. The molecule has 0 unspecified atom stereocenters. The highest BCUT2D eigenvalue weighted by Crippen LogP contribution is 2.35. The van der Waals surface area contributed by atoms with Crippen LogP contribution in [0.4, 0.5) is 11.8 Å². The number of nitrogens with one attached hydrogen (secondary N) is 2. The summed E-state index contributed by atoms with van der Waals surface area (Å²) in [5, 5.41) is 13.4. The van der Waals surface area contributed by atoms with E-state index in [4.69, 9.17) is 9.72 Å². The Balaban J connectivity index is 1.67. The van der Waals surface area contributed by atoms with Crippen molar-refractivity contribution < 1.29 is 14.6 Å². The normalized spacial score (nSPS) is 11.8. The second-order valence-electron chi connectivity index (χ2n) is 10.0. The fourth-order valence-corrected chi connectivity index (χ4v) is 5.82. The van der Waals surface area contributed by atoms with Crippen LogP contribution in [0, 0.1) is 13.8 Å². The highest BCUT2D eigenvalue weighted by Gasteiger charge is 2.24. The maximum atomic E-state index is 12.8. The Kier molecular flexibility index (Phi) is 9.95. The minimum Gasteiger partial charge on any atom is -0.496 e. The molecule has 0 radical (unpaired) electrons. The van der Waals surface area contributed by atoms with Gasteiger partial charge < -0.3 is 25.0 Å². The summed E-state index contributed by atoms with van der Waals surface area (Å²) in [6.07, 6.45) is 5.34. The first-order chi connectivity index (χ1) is 20.2. The molecule has 3 N–H and O–H groups in total. The van der Waals surface area contributed by atoms with Gasteiger partial charge in [0.1, 0.15) is 17.6 Å². The number of rotatable bonds is 13. The van der Waals surface area contributed by atoms with Gasteiger partial charge in [0.25, 0.3) is 5.56 Å². The number of carbonyl (C=O) groups is 1. The summed E-state index contributed by atoms with van der Waals surface area (Å²) in [4.78, 5) is 40.5. The predicted molar refractivity (Wildman–Crippen MR) is 168 cm³/mol. The molecule has 0 aliphatic rings. The lowest BCUT2D eigenvalue weighted by Gasteiger charge is -2.22. The number of carboxylic acid groups (broad SMARTS) is 1. The summed E-state index contributed by atoms with van der Waals surface area (Å²) in [5.74, 6) is 0.538. The first-order valence-corrected chi connectivity index (χ1v) is 14.9. The number of hydrogen-bond acceptors (Lipinski definition) is 9. The fraction of sp³-hybridized carbons (Fsp3) is 0.387. The van der Waals surface area contributed by atoms with Crippen molar-refractivity contribution in [3.05, 3.63) is 68.7 Å². The zero-order valence-electron chi connectivity index (χ0n) is 24.9. The summed E-state index contributed by atoms with van der Waals surface area (Å²) in [5.41, 5.74) is 5.13. The molecule has 0 fully saturated rings. The summed E-state index contributed by atoms with van der Waals surface area (Å²) < 4.78 is 10.1. The van der Waals surface area contributed by atoms with Gasteiger partial charge in [-0.2, -0.15) is 9.36 Å². The molecule has 1 atom stereocenters. The summed E-state index contributed by atoms with van der Waals surface area (Å²) in [6.45, 7) is 11.5. The Morgan fingerprint density at radius 1 is 1.14 bits per heavy atom. The van der Waals surface area contributed by atoms with Gasteiger partial charge in [-0.1, -0.05) is 37.6 Å². The van der Waals surface area contributed by atoms with E-state index in [-0.39, 0.29) is 12.0 Å². The van der Waals surface area contributed by atoms with Crippen molar-refractivity contribution in [1.29, 1.82) is 0 Å². The van der Waals surface area contributed by atoms with E-state index in [0.717, 1.165) is 58.8 Å². The summed E-state index contributed by atoms with van der Waals surface area (Å²) in [7, 11) is 1.57. The average Bonchev–Trinajstić information content (AvgIpc) is 3.32. The quantitative estimate of drug-likeness (QED) is 0.185. The van der Waals surface area contributed by atoms with Crippen LogP contribution in [-0.2, 0) is 17.6 Å². The Bertz CT molecular complexity index is 1570. The lowest BCUT2D eigenvalue weighted by molar-refractivity contribution is -0.137. The molecule has 11 heteroatoms. The molecule has 3 heterocycles. The molecule has 0 aliphatic carbocycles. The molecule has 42 heavy (non-hydrogen) atoms. The van der Waals surface area contributed by atoms with Crippen LogP contribution in [0.2, 0.25) is 0 Å². The van der Waals surface area contributed by atoms with E-state index in [2.05, 4.69) is 26.6 Å². The van der Waals surface area contributed by atoms with Crippen LogP contribution in [0.5, 0.6) is 5.75 Å². The van der Waals surface area contributed by atoms with Gasteiger partial charge in [-0.05, 0) is 56.8 Å². The maximum Gasteiger partial charge on any atom is 0.326 e. The van der Waals surface area contributed by atoms with Gasteiger partial charge in [-0.25, -0.2) is 9.78 Å². The van der Waals surface area contributed by atoms with Gasteiger partial charge >= 0.3 is 5.97 Å². The Morgan fingerprint density at radius 3 is 2.43 bits per heavy atom. The van der Waals surface area contributed by atoms with E-state index in [0.29, 0.717) is 28.6 Å². The second kappa shape index (κ2) is 13.6. The molecule has 0 aliphatic heterocycles. The van der Waals surface area contributed by atoms with Gasteiger partial charge in [-0.15, -0.1) is 0 Å². The fourth-order valence-electron chi connectivity index (χ4n) is 5.10. The van der Waals surface area contributed by atoms with Crippen LogP contribution in [0.15, 0.2) is 41.5 Å². The maximum absolute atomic E-state index is 12.8. The number of methoxy groups -OCH3 is 1. The number of aromatic amines is 1. The lowest BCUT2D eigenvalue weighted by atomic mass is 9.98. The number of nitrogens with zero attached hydrogens (tertiary/aromatic N) is 4. The Labute approximate surface area is 250 Å².